The molecule has 0 aliphatic carbocycles. The molecule has 1 amide bonds. The summed E-state index contributed by atoms with van der Waals surface area (Å²) in [6, 6.07) is 3.13. The Morgan fingerprint density at radius 1 is 1.31 bits per heavy atom. The highest BCUT2D eigenvalue weighted by molar-refractivity contribution is 7.12. The monoisotopic (exact) mass is 468 g/mol. The van der Waals surface area contributed by atoms with Gasteiger partial charge in [-0.1, -0.05) is 6.92 Å². The van der Waals surface area contributed by atoms with E-state index in [0.717, 1.165) is 58.0 Å². The minimum atomic E-state index is -4.53. The van der Waals surface area contributed by atoms with E-state index in [1.165, 1.54) is 15.3 Å². The third-order valence-corrected chi connectivity index (χ3v) is 8.27. The van der Waals surface area contributed by atoms with Crippen LogP contribution in [-0.4, -0.2) is 65.2 Å². The topological polar surface area (TPSA) is 61.5 Å². The molecule has 32 heavy (non-hydrogen) atoms. The van der Waals surface area contributed by atoms with Gasteiger partial charge >= 0.3 is 6.18 Å². The maximum atomic E-state index is 12.7. The molecule has 0 aromatic carbocycles. The lowest BCUT2D eigenvalue weighted by Crippen LogP contribution is -2.55. The van der Waals surface area contributed by atoms with Crippen molar-refractivity contribution in [2.45, 2.75) is 44.4 Å². The second-order valence-electron chi connectivity index (χ2n) is 9.04. The lowest BCUT2D eigenvalue weighted by molar-refractivity contribution is -0.141. The van der Waals surface area contributed by atoms with Crippen LogP contribution >= 0.6 is 11.3 Å². The van der Waals surface area contributed by atoms with Gasteiger partial charge in [-0.15, -0.1) is 11.3 Å². The van der Waals surface area contributed by atoms with Gasteiger partial charge in [0.05, 0.1) is 12.2 Å². The van der Waals surface area contributed by atoms with Crippen LogP contribution in [0.2, 0.25) is 0 Å². The number of hydrogen-bond donors (Lipinski definition) is 1. The number of aromatic amines is 1. The van der Waals surface area contributed by atoms with Gasteiger partial charge in [-0.2, -0.15) is 18.3 Å². The van der Waals surface area contributed by atoms with Gasteiger partial charge < -0.3 is 14.5 Å². The first kappa shape index (κ1) is 21.9. The van der Waals surface area contributed by atoms with Crippen molar-refractivity contribution in [3.63, 3.8) is 0 Å². The lowest BCUT2D eigenvalue weighted by Gasteiger charge is -2.47. The average molecular weight is 469 g/mol. The van der Waals surface area contributed by atoms with E-state index in [1.54, 1.807) is 4.90 Å². The zero-order valence-corrected chi connectivity index (χ0v) is 18.8. The Morgan fingerprint density at radius 3 is 2.72 bits per heavy atom. The first-order chi connectivity index (χ1) is 15.3. The van der Waals surface area contributed by atoms with Crippen molar-refractivity contribution in [1.29, 1.82) is 0 Å². The molecule has 3 aliphatic rings. The van der Waals surface area contributed by atoms with Gasteiger partial charge in [-0.25, -0.2) is 0 Å². The molecular formula is C22H27F3N4O2S. The van der Waals surface area contributed by atoms with E-state index in [9.17, 15) is 18.0 Å². The van der Waals surface area contributed by atoms with Gasteiger partial charge in [0.2, 0.25) is 0 Å². The van der Waals surface area contributed by atoms with E-state index in [4.69, 9.17) is 4.74 Å². The number of rotatable bonds is 4. The molecule has 174 valence electrons. The fourth-order valence-electron chi connectivity index (χ4n) is 5.11. The summed E-state index contributed by atoms with van der Waals surface area (Å²) in [5.41, 5.74) is 0.0853. The van der Waals surface area contributed by atoms with E-state index in [-0.39, 0.29) is 11.3 Å². The first-order valence-corrected chi connectivity index (χ1v) is 12.0. The molecule has 1 spiro atoms. The number of carbonyl (C=O) groups is 1. The molecule has 0 atom stereocenters. The number of ether oxygens (including phenoxy) is 1. The smallest absolute Gasteiger partial charge is 0.370 e. The largest absolute Gasteiger partial charge is 0.432 e. The summed E-state index contributed by atoms with van der Waals surface area (Å²) in [4.78, 5) is 19.3. The van der Waals surface area contributed by atoms with Crippen LogP contribution in [0.25, 0.3) is 0 Å². The number of likely N-dealkylation sites (tertiary alicyclic amines) is 2. The number of aryl methyl sites for hydroxylation is 1. The van der Waals surface area contributed by atoms with E-state index in [0.29, 0.717) is 19.0 Å². The summed E-state index contributed by atoms with van der Waals surface area (Å²) >= 11 is 1.93. The van der Waals surface area contributed by atoms with Gasteiger partial charge in [0.1, 0.15) is 5.69 Å². The third kappa shape index (κ3) is 3.97. The predicted octanol–water partition coefficient (Wildman–Crippen LogP) is 3.69. The molecule has 3 aliphatic heterocycles. The molecule has 10 heteroatoms. The Morgan fingerprint density at radius 2 is 2.06 bits per heavy atom. The standard InChI is InChI=1S/C22H27F3N4O2S/c1-2-15-9-16-18(32-15)3-8-31-21(16)4-6-28(7-5-21)11-14-12-29(13-14)20(30)17-10-19(27-26-17)22(23,24)25/h9-10,14H,2-8,11-13H2,1H3,(H,26,27). The summed E-state index contributed by atoms with van der Waals surface area (Å²) in [5.74, 6) is -0.109. The van der Waals surface area contributed by atoms with Crippen LogP contribution in [0, 0.1) is 5.92 Å². The van der Waals surface area contributed by atoms with Crippen molar-refractivity contribution in [2.75, 3.05) is 39.3 Å². The van der Waals surface area contributed by atoms with Crippen molar-refractivity contribution in [1.82, 2.24) is 20.0 Å². The van der Waals surface area contributed by atoms with Crippen molar-refractivity contribution in [3.8, 4) is 0 Å². The second kappa shape index (κ2) is 8.14. The van der Waals surface area contributed by atoms with Crippen LogP contribution in [-0.2, 0) is 29.4 Å². The number of nitrogens with one attached hydrogen (secondary N) is 1. The number of carbonyl (C=O) groups excluding carboxylic acids is 1. The number of fused-ring (bicyclic) bond motifs is 2. The molecule has 0 saturated carbocycles. The lowest BCUT2D eigenvalue weighted by atomic mass is 9.82. The highest BCUT2D eigenvalue weighted by Crippen LogP contribution is 2.45. The van der Waals surface area contributed by atoms with Gasteiger partial charge in [0, 0.05) is 60.9 Å². The van der Waals surface area contributed by atoms with E-state index < -0.39 is 17.8 Å². The van der Waals surface area contributed by atoms with Crippen LogP contribution in [0.4, 0.5) is 13.2 Å². The quantitative estimate of drug-likeness (QED) is 0.744. The fraction of sp³-hybridized carbons (Fsp3) is 0.636. The number of thiophene rings is 1. The fourth-order valence-corrected chi connectivity index (χ4v) is 6.29. The van der Waals surface area contributed by atoms with Gasteiger partial charge in [0.15, 0.2) is 5.69 Å². The maximum Gasteiger partial charge on any atom is 0.432 e. The van der Waals surface area contributed by atoms with Crippen molar-refractivity contribution in [2.24, 2.45) is 5.92 Å². The number of nitrogens with zero attached hydrogens (tertiary/aromatic N) is 3. The Hall–Kier alpha value is -1.91. The minimum absolute atomic E-state index is 0.147. The highest BCUT2D eigenvalue weighted by atomic mass is 32.1. The Balaban J connectivity index is 1.13. The Kier molecular flexibility index (Phi) is 5.58. The highest BCUT2D eigenvalue weighted by Gasteiger charge is 2.43. The van der Waals surface area contributed by atoms with Crippen LogP contribution in [0.15, 0.2) is 12.1 Å². The normalized spacial score (nSPS) is 21.6. The summed E-state index contributed by atoms with van der Waals surface area (Å²) in [6.45, 7) is 6.90. The molecule has 1 N–H and O–H groups in total. The molecule has 5 heterocycles. The molecule has 0 radical (unpaired) electrons. The molecule has 0 unspecified atom stereocenters. The number of aromatic nitrogens is 2. The number of H-pyrrole nitrogens is 1. The van der Waals surface area contributed by atoms with Crippen LogP contribution in [0.5, 0.6) is 0 Å². The van der Waals surface area contributed by atoms with Crippen LogP contribution < -0.4 is 0 Å². The second-order valence-corrected chi connectivity index (χ2v) is 10.3. The molecular weight excluding hydrogens is 441 g/mol. The first-order valence-electron chi connectivity index (χ1n) is 11.2. The van der Waals surface area contributed by atoms with Gasteiger partial charge in [-0.3, -0.25) is 9.89 Å². The van der Waals surface area contributed by atoms with Crippen LogP contribution in [0.1, 0.15) is 51.3 Å². The SMILES string of the molecule is CCc1cc2c(s1)CCOC21CCN(CC2CN(C(=O)c3cc(C(F)(F)F)[nH]n3)C2)CC1. The van der Waals surface area contributed by atoms with E-state index in [1.807, 2.05) is 16.4 Å². The third-order valence-electron chi connectivity index (χ3n) is 6.93. The molecule has 2 aromatic heterocycles. The predicted molar refractivity (Wildman–Crippen MR) is 114 cm³/mol. The summed E-state index contributed by atoms with van der Waals surface area (Å²) in [6.07, 6.45) is -0.505. The van der Waals surface area contributed by atoms with E-state index >= 15 is 0 Å². The molecule has 0 bridgehead atoms. The Bertz CT molecular complexity index is 988. The number of hydrogen-bond acceptors (Lipinski definition) is 5. The average Bonchev–Trinajstić information content (AvgIpc) is 3.39. The summed E-state index contributed by atoms with van der Waals surface area (Å²) < 4.78 is 44.5. The number of alkyl halides is 3. The number of amides is 1. The van der Waals surface area contributed by atoms with Gasteiger partial charge in [0.25, 0.3) is 5.91 Å². The molecule has 6 nitrogen and oxygen atoms in total. The van der Waals surface area contributed by atoms with E-state index in [2.05, 4.69) is 23.0 Å². The number of piperidine rings is 1. The van der Waals surface area contributed by atoms with Crippen molar-refractivity contribution in [3.05, 3.63) is 38.8 Å². The summed E-state index contributed by atoms with van der Waals surface area (Å²) in [7, 11) is 0. The maximum absolute atomic E-state index is 12.7. The van der Waals surface area contributed by atoms with Crippen molar-refractivity contribution >= 4 is 17.2 Å². The molecule has 2 fully saturated rings. The summed E-state index contributed by atoms with van der Waals surface area (Å²) in [5, 5.41) is 5.45. The zero-order chi connectivity index (χ0) is 22.5. The molecule has 2 aromatic rings. The molecule has 2 saturated heterocycles. The Labute approximate surface area is 188 Å². The molecule has 5 rings (SSSR count). The van der Waals surface area contributed by atoms with Crippen molar-refractivity contribution < 1.29 is 22.7 Å². The van der Waals surface area contributed by atoms with Crippen LogP contribution in [0.3, 0.4) is 0 Å². The zero-order valence-electron chi connectivity index (χ0n) is 18.0. The minimum Gasteiger partial charge on any atom is -0.370 e. The van der Waals surface area contributed by atoms with Gasteiger partial charge in [-0.05, 0) is 30.9 Å². The number of halogens is 3.